The molecule has 0 amide bonds. The molecule has 1 saturated heterocycles. The topological polar surface area (TPSA) is 69.7 Å². The average Bonchev–Trinajstić information content (AvgIpc) is 2.47. The molecule has 6 heteroatoms. The van der Waals surface area contributed by atoms with Crippen molar-refractivity contribution in [3.8, 4) is 0 Å². The first-order valence-corrected chi connectivity index (χ1v) is 9.15. The summed E-state index contributed by atoms with van der Waals surface area (Å²) in [6.07, 6.45) is 3.01. The van der Waals surface area contributed by atoms with Crippen molar-refractivity contribution in [3.63, 3.8) is 0 Å². The zero-order valence-electron chi connectivity index (χ0n) is 13.9. The maximum atomic E-state index is 12.2. The Hall–Kier alpha value is -1.24. The zero-order chi connectivity index (χ0) is 17.0. The fourth-order valence-electron chi connectivity index (χ4n) is 2.56. The van der Waals surface area contributed by atoms with Gasteiger partial charge in [-0.25, -0.2) is 4.79 Å². The molecule has 0 N–H and O–H groups in total. The monoisotopic (exact) mass is 338 g/mol. The molecule has 0 bridgehead atoms. The SMILES string of the molecule is CC(C)(C)C(=O)ON1CCCCC1c1ccc(CS(=O)[O-])cc1. The Kier molecular flexibility index (Phi) is 5.95. The Balaban J connectivity index is 2.11. The lowest BCUT2D eigenvalue weighted by atomic mass is 9.96. The van der Waals surface area contributed by atoms with Crippen LogP contribution >= 0.6 is 0 Å². The summed E-state index contributed by atoms with van der Waals surface area (Å²) in [6.45, 7) is 6.24. The Morgan fingerprint density at radius 2 is 1.96 bits per heavy atom. The summed E-state index contributed by atoms with van der Waals surface area (Å²) in [6, 6.07) is 7.53. The van der Waals surface area contributed by atoms with E-state index in [0.29, 0.717) is 0 Å². The van der Waals surface area contributed by atoms with Crippen molar-refractivity contribution in [1.82, 2.24) is 5.06 Å². The molecule has 2 unspecified atom stereocenters. The van der Waals surface area contributed by atoms with Crippen molar-refractivity contribution in [2.24, 2.45) is 5.41 Å². The van der Waals surface area contributed by atoms with Crippen LogP contribution in [-0.2, 0) is 26.5 Å². The summed E-state index contributed by atoms with van der Waals surface area (Å²) in [5.41, 5.74) is 1.27. The van der Waals surface area contributed by atoms with Gasteiger partial charge in [0.1, 0.15) is 0 Å². The molecule has 0 saturated carbocycles. The van der Waals surface area contributed by atoms with Crippen LogP contribution in [0.4, 0.5) is 0 Å². The van der Waals surface area contributed by atoms with E-state index in [1.807, 2.05) is 45.0 Å². The quantitative estimate of drug-likeness (QED) is 0.789. The minimum absolute atomic E-state index is 0.0215. The fraction of sp³-hybridized carbons (Fsp3) is 0.588. The lowest BCUT2D eigenvalue weighted by molar-refractivity contribution is -0.218. The maximum absolute atomic E-state index is 12.2. The molecule has 5 nitrogen and oxygen atoms in total. The third-order valence-electron chi connectivity index (χ3n) is 3.92. The summed E-state index contributed by atoms with van der Waals surface area (Å²) in [4.78, 5) is 17.8. The second kappa shape index (κ2) is 7.55. The predicted molar refractivity (Wildman–Crippen MR) is 87.9 cm³/mol. The van der Waals surface area contributed by atoms with Crippen LogP contribution in [0.5, 0.6) is 0 Å². The number of nitrogens with zero attached hydrogens (tertiary/aromatic N) is 1. The van der Waals surface area contributed by atoms with E-state index in [1.165, 1.54) is 0 Å². The number of carbonyl (C=O) groups is 1. The van der Waals surface area contributed by atoms with Gasteiger partial charge in [-0.3, -0.25) is 4.21 Å². The van der Waals surface area contributed by atoms with Gasteiger partial charge in [-0.1, -0.05) is 41.8 Å². The smallest absolute Gasteiger partial charge is 0.330 e. The second-order valence-electron chi connectivity index (χ2n) is 6.97. The third-order valence-corrected chi connectivity index (χ3v) is 4.48. The Labute approximate surface area is 140 Å². The molecular formula is C17H24NO4S-. The van der Waals surface area contributed by atoms with Gasteiger partial charge in [0, 0.05) is 12.3 Å². The molecule has 0 radical (unpaired) electrons. The normalized spacial score (nSPS) is 21.0. The predicted octanol–water partition coefficient (Wildman–Crippen LogP) is 3.10. The van der Waals surface area contributed by atoms with Gasteiger partial charge in [0.15, 0.2) is 0 Å². The Bertz CT molecular complexity index is 565. The number of rotatable bonds is 4. The van der Waals surface area contributed by atoms with Crippen LogP contribution in [0.15, 0.2) is 24.3 Å². The van der Waals surface area contributed by atoms with Gasteiger partial charge in [-0.05, 0) is 44.7 Å². The number of carbonyl (C=O) groups excluding carboxylic acids is 1. The summed E-state index contributed by atoms with van der Waals surface area (Å²) < 4.78 is 21.5. The summed E-state index contributed by atoms with van der Waals surface area (Å²) in [5.74, 6) is -0.212. The number of hydrogen-bond acceptors (Lipinski definition) is 5. The third kappa shape index (κ3) is 5.12. The zero-order valence-corrected chi connectivity index (χ0v) is 14.7. The van der Waals surface area contributed by atoms with Crippen LogP contribution in [0, 0.1) is 5.41 Å². The molecule has 1 aromatic rings. The molecule has 1 aliphatic heterocycles. The molecule has 0 spiro atoms. The number of hydrogen-bond donors (Lipinski definition) is 0. The van der Waals surface area contributed by atoms with E-state index >= 15 is 0 Å². The molecule has 1 aromatic carbocycles. The first kappa shape index (κ1) is 18.1. The first-order chi connectivity index (χ1) is 10.8. The summed E-state index contributed by atoms with van der Waals surface area (Å²) >= 11 is -2.08. The highest BCUT2D eigenvalue weighted by molar-refractivity contribution is 7.78. The van der Waals surface area contributed by atoms with Gasteiger partial charge in [0.05, 0.1) is 11.5 Å². The Morgan fingerprint density at radius 3 is 2.52 bits per heavy atom. The van der Waals surface area contributed by atoms with Crippen molar-refractivity contribution >= 4 is 17.0 Å². The molecule has 1 aliphatic rings. The van der Waals surface area contributed by atoms with Crippen LogP contribution in [0.2, 0.25) is 0 Å². The van der Waals surface area contributed by atoms with Crippen LogP contribution in [0.25, 0.3) is 0 Å². The minimum atomic E-state index is -2.08. The van der Waals surface area contributed by atoms with Crippen LogP contribution < -0.4 is 0 Å². The largest absolute Gasteiger partial charge is 0.772 e. The molecule has 0 aromatic heterocycles. The first-order valence-electron chi connectivity index (χ1n) is 7.91. The number of benzene rings is 1. The minimum Gasteiger partial charge on any atom is -0.772 e. The number of hydroxylamine groups is 2. The van der Waals surface area contributed by atoms with Crippen molar-refractivity contribution in [1.29, 1.82) is 0 Å². The van der Waals surface area contributed by atoms with E-state index in [4.69, 9.17) is 4.84 Å². The molecule has 1 fully saturated rings. The highest BCUT2D eigenvalue weighted by Gasteiger charge is 2.31. The average molecular weight is 338 g/mol. The van der Waals surface area contributed by atoms with E-state index in [9.17, 15) is 13.6 Å². The summed E-state index contributed by atoms with van der Waals surface area (Å²) in [5, 5.41) is 1.78. The van der Waals surface area contributed by atoms with Gasteiger partial charge in [-0.2, -0.15) is 0 Å². The van der Waals surface area contributed by atoms with Gasteiger partial charge in [0.2, 0.25) is 0 Å². The highest BCUT2D eigenvalue weighted by Crippen LogP contribution is 2.32. The van der Waals surface area contributed by atoms with Gasteiger partial charge in [0.25, 0.3) is 0 Å². The van der Waals surface area contributed by atoms with Crippen LogP contribution in [-0.4, -0.2) is 26.3 Å². The molecule has 0 aliphatic carbocycles. The van der Waals surface area contributed by atoms with Crippen LogP contribution in [0.3, 0.4) is 0 Å². The Morgan fingerprint density at radius 1 is 1.30 bits per heavy atom. The summed E-state index contributed by atoms with van der Waals surface area (Å²) in [7, 11) is 0. The van der Waals surface area contributed by atoms with Gasteiger partial charge >= 0.3 is 5.97 Å². The van der Waals surface area contributed by atoms with Gasteiger partial charge in [-0.15, -0.1) is 5.06 Å². The fourth-order valence-corrected chi connectivity index (χ4v) is 3.03. The molecule has 1 heterocycles. The van der Waals surface area contributed by atoms with Crippen molar-refractivity contribution in [3.05, 3.63) is 35.4 Å². The lowest BCUT2D eigenvalue weighted by Gasteiger charge is -2.35. The number of piperidine rings is 1. The molecule has 23 heavy (non-hydrogen) atoms. The molecule has 2 atom stereocenters. The van der Waals surface area contributed by atoms with Gasteiger partial charge < -0.3 is 9.39 Å². The van der Waals surface area contributed by atoms with E-state index in [-0.39, 0.29) is 17.8 Å². The second-order valence-corrected chi connectivity index (χ2v) is 7.87. The molecule has 128 valence electrons. The van der Waals surface area contributed by atoms with Crippen molar-refractivity contribution in [2.45, 2.75) is 51.8 Å². The standard InChI is InChI=1S/C17H25NO4S/c1-17(2,3)16(19)22-18-11-5-4-6-15(18)14-9-7-13(8-10-14)12-23(20)21/h7-10,15H,4-6,11-12H2,1-3H3,(H,20,21)/p-1. The lowest BCUT2D eigenvalue weighted by Crippen LogP contribution is -2.38. The van der Waals surface area contributed by atoms with Crippen molar-refractivity contribution in [2.75, 3.05) is 6.54 Å². The van der Waals surface area contributed by atoms with E-state index in [0.717, 1.165) is 36.9 Å². The van der Waals surface area contributed by atoms with Crippen molar-refractivity contribution < 1.29 is 18.4 Å². The van der Waals surface area contributed by atoms with Crippen LogP contribution in [0.1, 0.15) is 57.2 Å². The van der Waals surface area contributed by atoms with E-state index in [1.54, 1.807) is 5.06 Å². The van der Waals surface area contributed by atoms with E-state index in [2.05, 4.69) is 0 Å². The highest BCUT2D eigenvalue weighted by atomic mass is 32.2. The molecule has 2 rings (SSSR count). The maximum Gasteiger partial charge on any atom is 0.330 e. The van der Waals surface area contributed by atoms with E-state index < -0.39 is 16.5 Å². The molecular weight excluding hydrogens is 314 g/mol.